The Morgan fingerprint density at radius 3 is 2.00 bits per heavy atom. The molecule has 0 spiro atoms. The van der Waals surface area contributed by atoms with Gasteiger partial charge in [-0.05, 0) is 43.0 Å². The van der Waals surface area contributed by atoms with Crippen LogP contribution in [0.4, 0.5) is 22.7 Å². The average molecular weight is 386 g/mol. The van der Waals surface area contributed by atoms with E-state index in [2.05, 4.69) is 17.2 Å². The topological polar surface area (TPSA) is 131 Å². The van der Waals surface area contributed by atoms with Crippen molar-refractivity contribution in [1.29, 1.82) is 0 Å². The molecule has 0 aliphatic carbocycles. The summed E-state index contributed by atoms with van der Waals surface area (Å²) in [7, 11) is 0. The molecule has 0 heterocycles. The fourth-order valence-corrected chi connectivity index (χ4v) is 2.79. The minimum absolute atomic E-state index is 0.0103. The smallest absolute Gasteiger partial charge is 0.278 e. The quantitative estimate of drug-likeness (QED) is 0.242. The summed E-state index contributed by atoms with van der Waals surface area (Å²) in [5.74, 6) is 0.224. The summed E-state index contributed by atoms with van der Waals surface area (Å²) in [5, 5.41) is 40.1. The van der Waals surface area contributed by atoms with E-state index >= 15 is 0 Å². The van der Waals surface area contributed by atoms with E-state index in [0.717, 1.165) is 49.4 Å². The van der Waals surface area contributed by atoms with Crippen LogP contribution in [-0.2, 0) is 6.42 Å². The van der Waals surface area contributed by atoms with E-state index in [9.17, 15) is 25.3 Å². The second-order valence-electron chi connectivity index (χ2n) is 6.50. The number of nitro benzene ring substituents is 2. The molecule has 1 N–H and O–H groups in total. The van der Waals surface area contributed by atoms with E-state index in [1.165, 1.54) is 0 Å². The number of phenolic OH excluding ortho intramolecular Hbond substituents is 1. The molecule has 0 bridgehead atoms. The molecule has 0 amide bonds. The molecule has 2 aromatic rings. The van der Waals surface area contributed by atoms with Crippen LogP contribution in [0, 0.1) is 27.2 Å². The van der Waals surface area contributed by atoms with Gasteiger partial charge in [-0.3, -0.25) is 20.2 Å². The van der Waals surface area contributed by atoms with E-state index in [4.69, 9.17) is 0 Å². The molecule has 9 heteroatoms. The Labute approximate surface area is 162 Å². The molecule has 0 aromatic heterocycles. The van der Waals surface area contributed by atoms with E-state index < -0.39 is 21.2 Å². The van der Waals surface area contributed by atoms with Crippen molar-refractivity contribution in [2.24, 2.45) is 10.2 Å². The van der Waals surface area contributed by atoms with Crippen LogP contribution >= 0.6 is 0 Å². The van der Waals surface area contributed by atoms with Gasteiger partial charge < -0.3 is 5.11 Å². The number of aromatic hydroxyl groups is 1. The fourth-order valence-electron chi connectivity index (χ4n) is 2.79. The first-order valence-corrected chi connectivity index (χ1v) is 9.00. The minimum atomic E-state index is -0.717. The highest BCUT2D eigenvalue weighted by molar-refractivity contribution is 5.56. The Bertz CT molecular complexity index is 879. The van der Waals surface area contributed by atoms with Gasteiger partial charge in [-0.25, -0.2) is 0 Å². The van der Waals surface area contributed by atoms with Gasteiger partial charge in [-0.15, -0.1) is 0 Å². The van der Waals surface area contributed by atoms with Crippen LogP contribution in [0.3, 0.4) is 0 Å². The molecule has 0 aliphatic heterocycles. The molecule has 2 aromatic carbocycles. The van der Waals surface area contributed by atoms with Gasteiger partial charge in [0.05, 0.1) is 27.3 Å². The SMILES string of the molecule is CCCCCCc1cc(N=Nc2cc([N+](=O)[O-])cc([N+](=O)[O-])c2)cc(C)c1O. The summed E-state index contributed by atoms with van der Waals surface area (Å²) in [6.07, 6.45) is 4.97. The Balaban J connectivity index is 2.29. The molecule has 0 saturated carbocycles. The molecule has 0 unspecified atom stereocenters. The number of hydrogen-bond donors (Lipinski definition) is 1. The largest absolute Gasteiger partial charge is 0.507 e. The molecule has 0 atom stereocenters. The lowest BCUT2D eigenvalue weighted by atomic mass is 10.0. The van der Waals surface area contributed by atoms with Crippen LogP contribution in [0.5, 0.6) is 5.75 Å². The number of nitrogens with zero attached hydrogens (tertiary/aromatic N) is 4. The van der Waals surface area contributed by atoms with E-state index in [-0.39, 0.29) is 11.4 Å². The third kappa shape index (κ3) is 5.57. The second-order valence-corrected chi connectivity index (χ2v) is 6.50. The number of nitro groups is 2. The highest BCUT2D eigenvalue weighted by Gasteiger charge is 2.16. The van der Waals surface area contributed by atoms with Crippen molar-refractivity contribution in [3.05, 3.63) is 61.7 Å². The highest BCUT2D eigenvalue weighted by Crippen LogP contribution is 2.32. The zero-order chi connectivity index (χ0) is 20.7. The predicted molar refractivity (Wildman–Crippen MR) is 105 cm³/mol. The van der Waals surface area contributed by atoms with Gasteiger partial charge in [-0.2, -0.15) is 10.2 Å². The zero-order valence-corrected chi connectivity index (χ0v) is 15.8. The summed E-state index contributed by atoms with van der Waals surface area (Å²) in [6, 6.07) is 6.46. The molecule has 28 heavy (non-hydrogen) atoms. The Morgan fingerprint density at radius 2 is 1.46 bits per heavy atom. The maximum absolute atomic E-state index is 11.0. The third-order valence-corrected chi connectivity index (χ3v) is 4.25. The van der Waals surface area contributed by atoms with Crippen LogP contribution in [0.2, 0.25) is 0 Å². The molecular weight excluding hydrogens is 364 g/mol. The van der Waals surface area contributed by atoms with Crippen molar-refractivity contribution in [1.82, 2.24) is 0 Å². The summed E-state index contributed by atoms with van der Waals surface area (Å²) in [5.41, 5.74) is 1.02. The van der Waals surface area contributed by atoms with Crippen molar-refractivity contribution in [2.45, 2.75) is 46.0 Å². The number of phenols is 1. The van der Waals surface area contributed by atoms with E-state index in [0.29, 0.717) is 17.7 Å². The number of hydrogen-bond acceptors (Lipinski definition) is 7. The Hall–Kier alpha value is -3.36. The first kappa shape index (κ1) is 20.9. The minimum Gasteiger partial charge on any atom is -0.507 e. The molecule has 0 fully saturated rings. The van der Waals surface area contributed by atoms with Crippen LogP contribution in [-0.4, -0.2) is 15.0 Å². The van der Waals surface area contributed by atoms with Gasteiger partial charge in [0, 0.05) is 12.1 Å². The number of azo groups is 1. The summed E-state index contributed by atoms with van der Waals surface area (Å²) in [4.78, 5) is 20.5. The number of aryl methyl sites for hydroxylation is 2. The summed E-state index contributed by atoms with van der Waals surface area (Å²) in [6.45, 7) is 3.88. The lowest BCUT2D eigenvalue weighted by molar-refractivity contribution is -0.394. The summed E-state index contributed by atoms with van der Waals surface area (Å²) >= 11 is 0. The van der Waals surface area contributed by atoms with Gasteiger partial charge in [0.2, 0.25) is 0 Å². The highest BCUT2D eigenvalue weighted by atomic mass is 16.6. The number of unbranched alkanes of at least 4 members (excludes halogenated alkanes) is 3. The van der Waals surface area contributed by atoms with Crippen LogP contribution in [0.25, 0.3) is 0 Å². The molecule has 0 saturated heterocycles. The monoisotopic (exact) mass is 386 g/mol. The van der Waals surface area contributed by atoms with Crippen molar-refractivity contribution >= 4 is 22.7 Å². The van der Waals surface area contributed by atoms with Crippen molar-refractivity contribution in [2.75, 3.05) is 0 Å². The average Bonchev–Trinajstić information content (AvgIpc) is 2.66. The van der Waals surface area contributed by atoms with Crippen LogP contribution < -0.4 is 0 Å². The van der Waals surface area contributed by atoms with Crippen LogP contribution in [0.15, 0.2) is 40.6 Å². The maximum Gasteiger partial charge on any atom is 0.278 e. The normalized spacial score (nSPS) is 11.1. The lowest BCUT2D eigenvalue weighted by Crippen LogP contribution is -1.92. The van der Waals surface area contributed by atoms with Gasteiger partial charge in [0.15, 0.2) is 0 Å². The van der Waals surface area contributed by atoms with Crippen LogP contribution in [0.1, 0.15) is 43.7 Å². The zero-order valence-electron chi connectivity index (χ0n) is 15.8. The van der Waals surface area contributed by atoms with Gasteiger partial charge >= 0.3 is 0 Å². The molecule has 9 nitrogen and oxygen atoms in total. The molecule has 148 valence electrons. The first-order chi connectivity index (χ1) is 13.3. The molecule has 2 rings (SSSR count). The Kier molecular flexibility index (Phi) is 7.14. The third-order valence-electron chi connectivity index (χ3n) is 4.25. The van der Waals surface area contributed by atoms with Gasteiger partial charge in [0.1, 0.15) is 5.75 Å². The molecule has 0 aliphatic rings. The number of non-ortho nitro benzene ring substituents is 2. The Morgan fingerprint density at radius 1 is 0.893 bits per heavy atom. The lowest BCUT2D eigenvalue weighted by Gasteiger charge is -2.08. The molecule has 0 radical (unpaired) electrons. The standard InChI is InChI=1S/C19H22N4O5/c1-3-4-5-6-7-14-9-15(8-13(2)19(14)24)20-21-16-10-17(22(25)26)12-18(11-16)23(27)28/h8-12,24H,3-7H2,1-2H3. The van der Waals surface area contributed by atoms with Crippen molar-refractivity contribution < 1.29 is 15.0 Å². The van der Waals surface area contributed by atoms with Crippen molar-refractivity contribution in [3.63, 3.8) is 0 Å². The van der Waals surface area contributed by atoms with Crippen molar-refractivity contribution in [3.8, 4) is 5.75 Å². The summed E-state index contributed by atoms with van der Waals surface area (Å²) < 4.78 is 0. The van der Waals surface area contributed by atoms with E-state index in [1.807, 2.05) is 0 Å². The van der Waals surface area contributed by atoms with E-state index in [1.54, 1.807) is 19.1 Å². The van der Waals surface area contributed by atoms with Gasteiger partial charge in [0.25, 0.3) is 11.4 Å². The predicted octanol–water partition coefficient (Wildman–Crippen LogP) is 6.06. The van der Waals surface area contributed by atoms with Gasteiger partial charge in [-0.1, -0.05) is 26.2 Å². The maximum atomic E-state index is 11.0. The fraction of sp³-hybridized carbons (Fsp3) is 0.368. The number of rotatable bonds is 9. The first-order valence-electron chi connectivity index (χ1n) is 9.00. The second kappa shape index (κ2) is 9.54. The number of benzene rings is 2. The molecular formula is C19H22N4O5.